The molecule has 4 aromatic rings. The van der Waals surface area contributed by atoms with Gasteiger partial charge in [0.25, 0.3) is 0 Å². The van der Waals surface area contributed by atoms with E-state index in [1.807, 2.05) is 54.8 Å². The van der Waals surface area contributed by atoms with Crippen molar-refractivity contribution < 1.29 is 13.2 Å². The minimum atomic E-state index is -3.42. The fourth-order valence-electron chi connectivity index (χ4n) is 3.88. The molecule has 4 N–H and O–H groups in total. The largest absolute Gasteiger partial charge is 0.383 e. The van der Waals surface area contributed by atoms with E-state index in [2.05, 4.69) is 15.6 Å². The summed E-state index contributed by atoms with van der Waals surface area (Å²) in [7, 11) is -3.42. The summed E-state index contributed by atoms with van der Waals surface area (Å²) in [6.07, 6.45) is 4.78. The van der Waals surface area contributed by atoms with Crippen LogP contribution in [0.2, 0.25) is 0 Å². The summed E-state index contributed by atoms with van der Waals surface area (Å²) in [6, 6.07) is 21.2. The highest BCUT2D eigenvalue weighted by Crippen LogP contribution is 2.28. The summed E-state index contributed by atoms with van der Waals surface area (Å²) in [6.45, 7) is 0.0857. The van der Waals surface area contributed by atoms with Crippen molar-refractivity contribution in [2.24, 2.45) is 0 Å². The molecule has 1 heterocycles. The highest BCUT2D eigenvalue weighted by atomic mass is 32.2. The molecule has 0 radical (unpaired) electrons. The van der Waals surface area contributed by atoms with Gasteiger partial charge in [0.05, 0.1) is 4.90 Å². The lowest BCUT2D eigenvalue weighted by Crippen LogP contribution is -2.33. The lowest BCUT2D eigenvalue weighted by atomic mass is 10.0. The first-order chi connectivity index (χ1) is 16.8. The number of nitrogens with one attached hydrogen (secondary N) is 2. The van der Waals surface area contributed by atoms with Crippen LogP contribution in [0.25, 0.3) is 10.8 Å². The Morgan fingerprint density at radius 2 is 1.86 bits per heavy atom. The Bertz CT molecular complexity index is 1490. The summed E-state index contributed by atoms with van der Waals surface area (Å²) in [4.78, 5) is 18.8. The Morgan fingerprint density at radius 3 is 2.63 bits per heavy atom. The number of nitrogen functional groups attached to an aromatic ring is 1. The lowest BCUT2D eigenvalue weighted by molar-refractivity contribution is -0.122. The molecule has 0 spiro atoms. The molecule has 0 bridgehead atoms. The molecule has 1 amide bonds. The number of carbonyl (C=O) groups excluding carboxylic acids is 1. The Kier molecular flexibility index (Phi) is 7.28. The van der Waals surface area contributed by atoms with Crippen molar-refractivity contribution >= 4 is 49.8 Å². The molecule has 35 heavy (non-hydrogen) atoms. The van der Waals surface area contributed by atoms with E-state index in [1.165, 1.54) is 0 Å². The molecule has 180 valence electrons. The van der Waals surface area contributed by atoms with Gasteiger partial charge in [-0.2, -0.15) is 0 Å². The van der Waals surface area contributed by atoms with Gasteiger partial charge in [0.15, 0.2) is 9.84 Å². The third-order valence-electron chi connectivity index (χ3n) is 5.62. The van der Waals surface area contributed by atoms with Gasteiger partial charge in [-0.1, -0.05) is 30.3 Å². The normalized spacial score (nSPS) is 12.3. The number of amides is 1. The number of anilines is 2. The number of fused-ring (bicyclic) bond motifs is 1. The smallest absolute Gasteiger partial charge is 0.247 e. The third-order valence-corrected chi connectivity index (χ3v) is 7.54. The molecule has 0 aliphatic carbocycles. The van der Waals surface area contributed by atoms with Crippen molar-refractivity contribution in [1.82, 2.24) is 10.3 Å². The highest BCUT2D eigenvalue weighted by molar-refractivity contribution is 7.98. The first kappa shape index (κ1) is 24.6. The molecule has 0 saturated heterocycles. The average molecular weight is 507 g/mol. The van der Waals surface area contributed by atoms with Gasteiger partial charge in [0.2, 0.25) is 5.91 Å². The Labute approximate surface area is 209 Å². The van der Waals surface area contributed by atoms with Crippen molar-refractivity contribution in [2.75, 3.05) is 23.6 Å². The molecule has 1 atom stereocenters. The number of sulfone groups is 1. The molecule has 0 saturated carbocycles. The van der Waals surface area contributed by atoms with Crippen molar-refractivity contribution in [3.63, 3.8) is 0 Å². The van der Waals surface area contributed by atoms with Gasteiger partial charge in [-0.15, -0.1) is 11.8 Å². The molecule has 0 aliphatic rings. The monoisotopic (exact) mass is 506 g/mol. The molecular formula is C26H26N4O3S2. The van der Waals surface area contributed by atoms with Crippen LogP contribution in [0, 0.1) is 0 Å². The van der Waals surface area contributed by atoms with Crippen LogP contribution in [0.4, 0.5) is 11.5 Å². The summed E-state index contributed by atoms with van der Waals surface area (Å²) in [5, 5.41) is 7.99. The van der Waals surface area contributed by atoms with Crippen LogP contribution in [0.1, 0.15) is 17.2 Å². The standard InChI is InChI=1S/C26H26N4O3S2/c1-34-21-8-5-7-18(15-21)24(30-20-10-11-22-17(14-20)12-13-28-25(22)27)26(31)29-16-19-6-3-4-9-23(19)35(2,32)33/h3-15,24,30H,16H2,1-2H3,(H2,27,28)(H,29,31). The maximum Gasteiger partial charge on any atom is 0.247 e. The van der Waals surface area contributed by atoms with E-state index in [0.29, 0.717) is 11.4 Å². The van der Waals surface area contributed by atoms with Crippen molar-refractivity contribution in [1.29, 1.82) is 0 Å². The van der Waals surface area contributed by atoms with E-state index in [0.717, 1.165) is 33.2 Å². The minimum absolute atomic E-state index is 0.0857. The van der Waals surface area contributed by atoms with Gasteiger partial charge in [-0.05, 0) is 65.2 Å². The Morgan fingerprint density at radius 1 is 1.06 bits per heavy atom. The predicted octanol–water partition coefficient (Wildman–Crippen LogP) is 4.41. The fourth-order valence-corrected chi connectivity index (χ4v) is 5.29. The second-order valence-electron chi connectivity index (χ2n) is 8.08. The number of benzene rings is 3. The number of hydrogen-bond acceptors (Lipinski definition) is 7. The summed E-state index contributed by atoms with van der Waals surface area (Å²) in [5.74, 6) is 0.168. The maximum absolute atomic E-state index is 13.4. The van der Waals surface area contributed by atoms with Gasteiger partial charge in [-0.3, -0.25) is 4.79 Å². The predicted molar refractivity (Wildman–Crippen MR) is 142 cm³/mol. The first-order valence-electron chi connectivity index (χ1n) is 10.9. The number of carbonyl (C=O) groups is 1. The first-order valence-corrected chi connectivity index (χ1v) is 14.0. The van der Waals surface area contributed by atoms with Gasteiger partial charge in [0, 0.05) is 35.0 Å². The van der Waals surface area contributed by atoms with E-state index < -0.39 is 15.9 Å². The van der Waals surface area contributed by atoms with Crippen LogP contribution < -0.4 is 16.4 Å². The lowest BCUT2D eigenvalue weighted by Gasteiger charge is -2.21. The van der Waals surface area contributed by atoms with Crippen LogP contribution in [0.3, 0.4) is 0 Å². The molecule has 0 fully saturated rings. The minimum Gasteiger partial charge on any atom is -0.383 e. The summed E-state index contributed by atoms with van der Waals surface area (Å²) in [5.41, 5.74) is 8.05. The molecule has 0 aliphatic heterocycles. The van der Waals surface area contributed by atoms with E-state index in [1.54, 1.807) is 42.2 Å². The number of pyridine rings is 1. The average Bonchev–Trinajstić information content (AvgIpc) is 2.85. The number of nitrogens with two attached hydrogens (primary N) is 1. The van der Waals surface area contributed by atoms with E-state index in [-0.39, 0.29) is 17.3 Å². The second-order valence-corrected chi connectivity index (χ2v) is 10.9. The molecule has 4 rings (SSSR count). The topological polar surface area (TPSA) is 114 Å². The van der Waals surface area contributed by atoms with Crippen LogP contribution >= 0.6 is 11.8 Å². The number of rotatable bonds is 8. The second kappa shape index (κ2) is 10.4. The Hall–Kier alpha value is -3.56. The molecule has 7 nitrogen and oxygen atoms in total. The van der Waals surface area contributed by atoms with Gasteiger partial charge in [0.1, 0.15) is 11.9 Å². The van der Waals surface area contributed by atoms with Crippen molar-refractivity contribution in [3.05, 3.63) is 90.1 Å². The SMILES string of the molecule is CSc1cccc(C(Nc2ccc3c(N)nccc3c2)C(=O)NCc2ccccc2S(C)(=O)=O)c1. The van der Waals surface area contributed by atoms with Crippen molar-refractivity contribution in [3.8, 4) is 0 Å². The van der Waals surface area contributed by atoms with Gasteiger partial charge < -0.3 is 16.4 Å². The summed E-state index contributed by atoms with van der Waals surface area (Å²) < 4.78 is 24.3. The zero-order valence-corrected chi connectivity index (χ0v) is 21.0. The van der Waals surface area contributed by atoms with E-state index >= 15 is 0 Å². The van der Waals surface area contributed by atoms with Gasteiger partial charge >= 0.3 is 0 Å². The third kappa shape index (κ3) is 5.75. The Balaban J connectivity index is 1.64. The van der Waals surface area contributed by atoms with Crippen LogP contribution in [-0.4, -0.2) is 31.8 Å². The molecule has 3 aromatic carbocycles. The zero-order valence-electron chi connectivity index (χ0n) is 19.4. The molecule has 9 heteroatoms. The van der Waals surface area contributed by atoms with Crippen LogP contribution in [-0.2, 0) is 21.2 Å². The zero-order chi connectivity index (χ0) is 25.0. The van der Waals surface area contributed by atoms with Crippen molar-refractivity contribution in [2.45, 2.75) is 22.4 Å². The highest BCUT2D eigenvalue weighted by Gasteiger charge is 2.22. The van der Waals surface area contributed by atoms with Crippen LogP contribution in [0.15, 0.2) is 88.8 Å². The van der Waals surface area contributed by atoms with Gasteiger partial charge in [-0.25, -0.2) is 13.4 Å². The molecule has 1 aromatic heterocycles. The van der Waals surface area contributed by atoms with E-state index in [4.69, 9.17) is 5.73 Å². The number of aromatic nitrogens is 1. The quantitative estimate of drug-likeness (QED) is 0.303. The van der Waals surface area contributed by atoms with E-state index in [9.17, 15) is 13.2 Å². The summed E-state index contributed by atoms with van der Waals surface area (Å²) >= 11 is 1.59. The number of hydrogen-bond donors (Lipinski definition) is 3. The number of thioether (sulfide) groups is 1. The maximum atomic E-state index is 13.4. The molecular weight excluding hydrogens is 480 g/mol. The van der Waals surface area contributed by atoms with Crippen LogP contribution in [0.5, 0.6) is 0 Å². The number of nitrogens with zero attached hydrogens (tertiary/aromatic N) is 1. The molecule has 1 unspecified atom stereocenters. The fraction of sp³-hybridized carbons (Fsp3) is 0.154.